The van der Waals surface area contributed by atoms with Crippen LogP contribution in [0.5, 0.6) is 0 Å². The van der Waals surface area contributed by atoms with Gasteiger partial charge in [-0.25, -0.2) is 9.36 Å². The fraction of sp³-hybridized carbons (Fsp3) is 0. The molecule has 0 amide bonds. The molecule has 0 aliphatic rings. The SMILES string of the molecule is c1ccc(-c2ccn(-c3c4ccccc4c(-n4ccc(-c5ccccc5)n4)c4cnccc34)n2)cc1. The Morgan fingerprint density at radius 2 is 0.917 bits per heavy atom. The van der Waals surface area contributed by atoms with E-state index in [1.165, 1.54) is 0 Å². The van der Waals surface area contributed by atoms with Crippen molar-refractivity contribution in [1.82, 2.24) is 24.5 Å². The molecule has 3 heterocycles. The minimum absolute atomic E-state index is 0.931. The molecule has 0 N–H and O–H groups in total. The highest BCUT2D eigenvalue weighted by atomic mass is 15.3. The van der Waals surface area contributed by atoms with E-state index in [-0.39, 0.29) is 0 Å². The predicted octanol–water partition coefficient (Wildman–Crippen LogP) is 7.09. The minimum atomic E-state index is 0.931. The summed E-state index contributed by atoms with van der Waals surface area (Å²) in [6, 6.07) is 35.1. The molecule has 0 saturated heterocycles. The van der Waals surface area contributed by atoms with Crippen molar-refractivity contribution in [3.05, 3.63) is 128 Å². The molecule has 5 heteroatoms. The van der Waals surface area contributed by atoms with Crippen LogP contribution in [0.1, 0.15) is 0 Å². The van der Waals surface area contributed by atoms with E-state index in [4.69, 9.17) is 10.2 Å². The molecule has 7 rings (SSSR count). The molecular formula is C31H21N5. The third-order valence-electron chi connectivity index (χ3n) is 6.54. The molecule has 0 atom stereocenters. The van der Waals surface area contributed by atoms with Gasteiger partial charge in [-0.3, -0.25) is 4.98 Å². The Morgan fingerprint density at radius 1 is 0.444 bits per heavy atom. The third kappa shape index (κ3) is 3.29. The first kappa shape index (κ1) is 20.4. The monoisotopic (exact) mass is 463 g/mol. The van der Waals surface area contributed by atoms with Crippen molar-refractivity contribution >= 4 is 21.5 Å². The summed E-state index contributed by atoms with van der Waals surface area (Å²) >= 11 is 0. The van der Waals surface area contributed by atoms with Crippen LogP contribution in [0.2, 0.25) is 0 Å². The highest BCUT2D eigenvalue weighted by molar-refractivity contribution is 6.13. The third-order valence-corrected chi connectivity index (χ3v) is 6.54. The van der Waals surface area contributed by atoms with Crippen LogP contribution in [0, 0.1) is 0 Å². The quantitative estimate of drug-likeness (QED) is 0.262. The molecule has 170 valence electrons. The van der Waals surface area contributed by atoms with Crippen molar-refractivity contribution < 1.29 is 0 Å². The summed E-state index contributed by atoms with van der Waals surface area (Å²) in [6.45, 7) is 0. The van der Waals surface area contributed by atoms with Crippen molar-refractivity contribution in [2.75, 3.05) is 0 Å². The van der Waals surface area contributed by atoms with E-state index < -0.39 is 0 Å². The van der Waals surface area contributed by atoms with Crippen molar-refractivity contribution in [2.24, 2.45) is 0 Å². The average molecular weight is 464 g/mol. The Morgan fingerprint density at radius 3 is 1.47 bits per heavy atom. The molecule has 5 nitrogen and oxygen atoms in total. The molecule has 0 aliphatic carbocycles. The summed E-state index contributed by atoms with van der Waals surface area (Å²) in [5.74, 6) is 0. The zero-order valence-electron chi connectivity index (χ0n) is 19.4. The topological polar surface area (TPSA) is 48.5 Å². The van der Waals surface area contributed by atoms with Gasteiger partial charge in [-0.2, -0.15) is 10.2 Å². The van der Waals surface area contributed by atoms with E-state index in [1.807, 2.05) is 70.5 Å². The maximum Gasteiger partial charge on any atom is 0.0927 e. The standard InChI is InChI=1S/C31H21N5/c1-3-9-22(10-4-1)28-16-19-35(33-28)30-24-13-7-8-14-25(24)31(27-21-32-18-15-26(27)30)36-20-17-29(34-36)23-11-5-2-6-12-23/h1-21H. The number of rotatable bonds is 4. The molecule has 36 heavy (non-hydrogen) atoms. The van der Waals surface area contributed by atoms with Gasteiger partial charge in [0, 0.05) is 57.5 Å². The normalized spacial score (nSPS) is 11.3. The number of benzene rings is 4. The van der Waals surface area contributed by atoms with Crippen molar-refractivity contribution in [2.45, 2.75) is 0 Å². The van der Waals surface area contributed by atoms with E-state index in [2.05, 4.69) is 71.7 Å². The molecule has 0 aliphatic heterocycles. The highest BCUT2D eigenvalue weighted by Gasteiger charge is 2.18. The van der Waals surface area contributed by atoms with Gasteiger partial charge in [0.15, 0.2) is 0 Å². The Hall–Kier alpha value is -5.03. The Balaban J connectivity index is 1.48. The van der Waals surface area contributed by atoms with Crippen LogP contribution in [0.25, 0.3) is 55.4 Å². The lowest BCUT2D eigenvalue weighted by Crippen LogP contribution is -2.04. The van der Waals surface area contributed by atoms with Crippen molar-refractivity contribution in [3.63, 3.8) is 0 Å². The fourth-order valence-corrected chi connectivity index (χ4v) is 4.89. The number of nitrogens with zero attached hydrogens (tertiary/aromatic N) is 5. The lowest BCUT2D eigenvalue weighted by Gasteiger charge is -2.16. The van der Waals surface area contributed by atoms with E-state index in [9.17, 15) is 0 Å². The van der Waals surface area contributed by atoms with Gasteiger partial charge in [-0.1, -0.05) is 84.9 Å². The Kier molecular flexibility index (Phi) is 4.71. The zero-order chi connectivity index (χ0) is 23.9. The van der Waals surface area contributed by atoms with Gasteiger partial charge < -0.3 is 0 Å². The van der Waals surface area contributed by atoms with Crippen LogP contribution < -0.4 is 0 Å². The van der Waals surface area contributed by atoms with Gasteiger partial charge in [0.2, 0.25) is 0 Å². The fourth-order valence-electron chi connectivity index (χ4n) is 4.89. The van der Waals surface area contributed by atoms with Crippen LogP contribution in [0.15, 0.2) is 128 Å². The average Bonchev–Trinajstić information content (AvgIpc) is 3.63. The largest absolute Gasteiger partial charge is 0.264 e. The van der Waals surface area contributed by atoms with Gasteiger partial charge in [0.05, 0.1) is 22.8 Å². The molecule has 3 aromatic heterocycles. The number of aromatic nitrogens is 5. The first-order chi connectivity index (χ1) is 17.9. The molecule has 0 spiro atoms. The summed E-state index contributed by atoms with van der Waals surface area (Å²) in [5.41, 5.74) is 6.09. The van der Waals surface area contributed by atoms with Gasteiger partial charge in [-0.15, -0.1) is 0 Å². The molecule has 0 unspecified atom stereocenters. The second kappa shape index (κ2) is 8.32. The van der Waals surface area contributed by atoms with Crippen LogP contribution >= 0.6 is 0 Å². The van der Waals surface area contributed by atoms with Crippen LogP contribution in [0.4, 0.5) is 0 Å². The molecule has 0 saturated carbocycles. The van der Waals surface area contributed by atoms with Gasteiger partial charge in [-0.05, 0) is 18.2 Å². The molecule has 0 bridgehead atoms. The lowest BCUT2D eigenvalue weighted by atomic mass is 10.00. The zero-order valence-corrected chi connectivity index (χ0v) is 19.4. The maximum atomic E-state index is 4.97. The van der Waals surface area contributed by atoms with Gasteiger partial charge in [0.1, 0.15) is 0 Å². The maximum absolute atomic E-state index is 4.97. The predicted molar refractivity (Wildman–Crippen MR) is 144 cm³/mol. The van der Waals surface area contributed by atoms with Crippen molar-refractivity contribution in [3.8, 4) is 33.9 Å². The van der Waals surface area contributed by atoms with E-state index in [0.29, 0.717) is 0 Å². The smallest absolute Gasteiger partial charge is 0.0927 e. The summed E-state index contributed by atoms with van der Waals surface area (Å²) in [7, 11) is 0. The van der Waals surface area contributed by atoms with Crippen LogP contribution in [-0.2, 0) is 0 Å². The molecular weight excluding hydrogens is 442 g/mol. The van der Waals surface area contributed by atoms with Crippen LogP contribution in [0.3, 0.4) is 0 Å². The van der Waals surface area contributed by atoms with Gasteiger partial charge in [0.25, 0.3) is 0 Å². The molecule has 0 radical (unpaired) electrons. The van der Waals surface area contributed by atoms with Crippen LogP contribution in [-0.4, -0.2) is 24.5 Å². The molecule has 4 aromatic carbocycles. The summed E-state index contributed by atoms with van der Waals surface area (Å²) < 4.78 is 3.95. The molecule has 7 aromatic rings. The number of hydrogen-bond donors (Lipinski definition) is 0. The molecule has 0 fully saturated rings. The Bertz CT molecular complexity index is 1640. The van der Waals surface area contributed by atoms with Gasteiger partial charge >= 0.3 is 0 Å². The van der Waals surface area contributed by atoms with E-state index in [0.717, 1.165) is 55.4 Å². The van der Waals surface area contributed by atoms with Crippen molar-refractivity contribution in [1.29, 1.82) is 0 Å². The first-order valence-corrected chi connectivity index (χ1v) is 11.9. The number of pyridine rings is 1. The summed E-state index contributed by atoms with van der Waals surface area (Å²) in [4.78, 5) is 4.49. The lowest BCUT2D eigenvalue weighted by molar-refractivity contribution is 0.888. The summed E-state index contributed by atoms with van der Waals surface area (Å²) in [5, 5.41) is 14.2. The first-order valence-electron chi connectivity index (χ1n) is 11.9. The van der Waals surface area contributed by atoms with E-state index in [1.54, 1.807) is 0 Å². The van der Waals surface area contributed by atoms with E-state index >= 15 is 0 Å². The second-order valence-electron chi connectivity index (χ2n) is 8.69. The number of hydrogen-bond acceptors (Lipinski definition) is 3. The number of fused-ring (bicyclic) bond motifs is 2. The minimum Gasteiger partial charge on any atom is -0.264 e. The second-order valence-corrected chi connectivity index (χ2v) is 8.69. The Labute approximate surface area is 207 Å². The highest BCUT2D eigenvalue weighted by Crippen LogP contribution is 2.37. The summed E-state index contributed by atoms with van der Waals surface area (Å²) in [6.07, 6.45) is 7.82.